The van der Waals surface area contributed by atoms with E-state index in [1.54, 1.807) is 13.1 Å². The van der Waals surface area contributed by atoms with Crippen molar-refractivity contribution in [2.75, 3.05) is 12.4 Å². The van der Waals surface area contributed by atoms with Gasteiger partial charge in [0.1, 0.15) is 5.15 Å². The standard InChI is InChI=1S/C21H28ClN5O3/c1-12(28)26-20-9-21(10-20,11-20)27-16-7-17(22)24-8-15(16)19(30)25-14-5-3-13(4-6-14)18(29)23-2/h7-8,13-14H,3-6,9-11H2,1-2H3,(H,23,29)(H,24,27)(H,25,30)(H,26,28). The second-order valence-corrected chi connectivity index (χ2v) is 9.47. The molecule has 4 N–H and O–H groups in total. The second-order valence-electron chi connectivity index (χ2n) is 9.09. The van der Waals surface area contributed by atoms with Crippen LogP contribution in [0.3, 0.4) is 0 Å². The molecule has 1 aromatic heterocycles. The lowest BCUT2D eigenvalue weighted by Gasteiger charge is -2.70. The summed E-state index contributed by atoms with van der Waals surface area (Å²) in [7, 11) is 1.65. The van der Waals surface area contributed by atoms with Gasteiger partial charge in [0.05, 0.1) is 11.3 Å². The zero-order chi connectivity index (χ0) is 21.5. The fraction of sp³-hybridized carbons (Fsp3) is 0.619. The Labute approximate surface area is 180 Å². The molecule has 0 spiro atoms. The fourth-order valence-corrected chi connectivity index (χ4v) is 5.55. The Morgan fingerprint density at radius 3 is 2.37 bits per heavy atom. The topological polar surface area (TPSA) is 112 Å². The van der Waals surface area contributed by atoms with Crippen molar-refractivity contribution >= 4 is 35.0 Å². The van der Waals surface area contributed by atoms with Gasteiger partial charge in [0.25, 0.3) is 5.91 Å². The van der Waals surface area contributed by atoms with Crippen LogP contribution in [-0.2, 0) is 9.59 Å². The molecule has 4 aliphatic carbocycles. The minimum atomic E-state index is -0.187. The first-order valence-corrected chi connectivity index (χ1v) is 10.9. The van der Waals surface area contributed by atoms with Crippen LogP contribution in [0, 0.1) is 5.92 Å². The van der Waals surface area contributed by atoms with E-state index in [4.69, 9.17) is 11.6 Å². The molecule has 0 atom stereocenters. The lowest BCUT2D eigenvalue weighted by Crippen LogP contribution is -2.81. The number of carbonyl (C=O) groups excluding carboxylic acids is 3. The number of aromatic nitrogens is 1. The molecule has 0 aromatic carbocycles. The largest absolute Gasteiger partial charge is 0.379 e. The van der Waals surface area contributed by atoms with Crippen molar-refractivity contribution in [3.63, 3.8) is 0 Å². The quantitative estimate of drug-likeness (QED) is 0.512. The number of hydrogen-bond acceptors (Lipinski definition) is 5. The zero-order valence-electron chi connectivity index (χ0n) is 17.3. The maximum absolute atomic E-state index is 13.0. The molecule has 4 aliphatic rings. The zero-order valence-corrected chi connectivity index (χ0v) is 18.1. The van der Waals surface area contributed by atoms with E-state index < -0.39 is 0 Å². The van der Waals surface area contributed by atoms with E-state index in [9.17, 15) is 14.4 Å². The average molecular weight is 434 g/mol. The van der Waals surface area contributed by atoms with E-state index in [0.717, 1.165) is 44.9 Å². The Bertz CT molecular complexity index is 862. The van der Waals surface area contributed by atoms with Gasteiger partial charge in [-0.15, -0.1) is 0 Å². The summed E-state index contributed by atoms with van der Waals surface area (Å²) in [6.07, 6.45) is 7.10. The minimum Gasteiger partial charge on any atom is -0.379 e. The molecule has 0 saturated heterocycles. The Morgan fingerprint density at radius 2 is 1.77 bits per heavy atom. The molecule has 162 valence electrons. The SMILES string of the molecule is CNC(=O)C1CCC(NC(=O)c2cnc(Cl)cc2NC23CC(NC(C)=O)(C2)C3)CC1. The van der Waals surface area contributed by atoms with Gasteiger partial charge in [-0.25, -0.2) is 4.98 Å². The van der Waals surface area contributed by atoms with Crippen LogP contribution in [0.15, 0.2) is 12.3 Å². The van der Waals surface area contributed by atoms with E-state index in [1.165, 1.54) is 13.1 Å². The van der Waals surface area contributed by atoms with E-state index in [0.29, 0.717) is 16.4 Å². The second kappa shape index (κ2) is 7.72. The van der Waals surface area contributed by atoms with Crippen LogP contribution >= 0.6 is 11.6 Å². The van der Waals surface area contributed by atoms with Gasteiger partial charge < -0.3 is 21.3 Å². The summed E-state index contributed by atoms with van der Waals surface area (Å²) in [5.41, 5.74) is 0.934. The molecule has 9 heteroatoms. The van der Waals surface area contributed by atoms with Gasteiger partial charge in [-0.3, -0.25) is 14.4 Å². The summed E-state index contributed by atoms with van der Waals surface area (Å²) in [4.78, 5) is 40.2. The number of nitrogens with one attached hydrogen (secondary N) is 4. The monoisotopic (exact) mass is 433 g/mol. The minimum absolute atomic E-state index is 0.0125. The molecule has 2 bridgehead atoms. The van der Waals surface area contributed by atoms with Crippen LogP contribution < -0.4 is 21.3 Å². The first kappa shape index (κ1) is 20.9. The molecule has 1 heterocycles. The molecule has 0 unspecified atom stereocenters. The van der Waals surface area contributed by atoms with Gasteiger partial charge in [0, 0.05) is 43.2 Å². The highest BCUT2D eigenvalue weighted by atomic mass is 35.5. The van der Waals surface area contributed by atoms with Crippen molar-refractivity contribution < 1.29 is 14.4 Å². The Kier molecular flexibility index (Phi) is 5.38. The third kappa shape index (κ3) is 3.97. The first-order chi connectivity index (χ1) is 14.2. The molecule has 3 amide bonds. The van der Waals surface area contributed by atoms with Crippen LogP contribution in [0.4, 0.5) is 5.69 Å². The van der Waals surface area contributed by atoms with Gasteiger partial charge in [0.2, 0.25) is 11.8 Å². The maximum atomic E-state index is 13.0. The lowest BCUT2D eigenvalue weighted by atomic mass is 9.44. The normalized spacial score (nSPS) is 31.6. The summed E-state index contributed by atoms with van der Waals surface area (Å²) >= 11 is 6.09. The third-order valence-corrected chi connectivity index (χ3v) is 6.87. The van der Waals surface area contributed by atoms with Crippen molar-refractivity contribution in [2.45, 2.75) is 69.0 Å². The number of nitrogens with zero attached hydrogens (tertiary/aromatic N) is 1. The van der Waals surface area contributed by atoms with Gasteiger partial charge in [-0.05, 0) is 51.0 Å². The number of hydrogen-bond donors (Lipinski definition) is 4. The maximum Gasteiger partial charge on any atom is 0.255 e. The van der Waals surface area contributed by atoms with Gasteiger partial charge in [-0.2, -0.15) is 0 Å². The van der Waals surface area contributed by atoms with Crippen molar-refractivity contribution in [1.29, 1.82) is 0 Å². The van der Waals surface area contributed by atoms with E-state index in [1.807, 2.05) is 0 Å². The predicted octanol–water partition coefficient (Wildman–Crippen LogP) is 1.99. The molecule has 0 radical (unpaired) electrons. The smallest absolute Gasteiger partial charge is 0.255 e. The number of amides is 3. The summed E-state index contributed by atoms with van der Waals surface area (Å²) in [5, 5.41) is 12.6. The summed E-state index contributed by atoms with van der Waals surface area (Å²) in [5.74, 6) is -0.101. The van der Waals surface area contributed by atoms with Gasteiger partial charge in [-0.1, -0.05) is 11.6 Å². The summed E-state index contributed by atoms with van der Waals surface area (Å²) < 4.78 is 0. The van der Waals surface area contributed by atoms with E-state index >= 15 is 0 Å². The lowest BCUT2D eigenvalue weighted by molar-refractivity contribution is -0.131. The third-order valence-electron chi connectivity index (χ3n) is 6.67. The molecule has 1 aromatic rings. The Hall–Kier alpha value is -2.35. The van der Waals surface area contributed by atoms with Crippen molar-refractivity contribution in [3.05, 3.63) is 23.0 Å². The van der Waals surface area contributed by atoms with Crippen molar-refractivity contribution in [2.24, 2.45) is 5.92 Å². The van der Waals surface area contributed by atoms with Gasteiger partial charge >= 0.3 is 0 Å². The highest BCUT2D eigenvalue weighted by molar-refractivity contribution is 6.29. The molecule has 0 aliphatic heterocycles. The molecule has 5 rings (SSSR count). The van der Waals surface area contributed by atoms with E-state index in [-0.39, 0.29) is 40.8 Å². The highest BCUT2D eigenvalue weighted by Crippen LogP contribution is 2.61. The van der Waals surface area contributed by atoms with E-state index in [2.05, 4.69) is 26.3 Å². The van der Waals surface area contributed by atoms with Crippen molar-refractivity contribution in [3.8, 4) is 0 Å². The first-order valence-electron chi connectivity index (χ1n) is 10.5. The van der Waals surface area contributed by atoms with Crippen LogP contribution in [0.5, 0.6) is 0 Å². The van der Waals surface area contributed by atoms with Crippen LogP contribution in [-0.4, -0.2) is 46.9 Å². The van der Waals surface area contributed by atoms with Gasteiger partial charge in [0.15, 0.2) is 0 Å². The summed E-state index contributed by atoms with van der Waals surface area (Å²) in [6.45, 7) is 1.54. The Morgan fingerprint density at radius 1 is 1.10 bits per heavy atom. The number of halogens is 1. The number of anilines is 1. The van der Waals surface area contributed by atoms with Crippen molar-refractivity contribution in [1.82, 2.24) is 20.9 Å². The Balaban J connectivity index is 1.38. The number of rotatable bonds is 6. The molecule has 30 heavy (non-hydrogen) atoms. The molecule has 8 nitrogen and oxygen atoms in total. The highest BCUT2D eigenvalue weighted by Gasteiger charge is 2.68. The van der Waals surface area contributed by atoms with Crippen LogP contribution in [0.25, 0.3) is 0 Å². The molecular weight excluding hydrogens is 406 g/mol. The van der Waals surface area contributed by atoms with Crippen LogP contribution in [0.2, 0.25) is 5.15 Å². The molecule has 4 saturated carbocycles. The summed E-state index contributed by atoms with van der Waals surface area (Å²) in [6, 6.07) is 1.73. The molecular formula is C21H28ClN5O3. The number of pyridine rings is 1. The molecule has 4 fully saturated rings. The van der Waals surface area contributed by atoms with Crippen LogP contribution in [0.1, 0.15) is 62.2 Å². The fourth-order valence-electron chi connectivity index (χ4n) is 5.39. The predicted molar refractivity (Wildman–Crippen MR) is 113 cm³/mol. The average Bonchev–Trinajstić information content (AvgIpc) is 2.65. The number of carbonyl (C=O) groups is 3.